The molecule has 2 aromatic carbocycles. The number of benzene rings is 2. The lowest BCUT2D eigenvalue weighted by atomic mass is 10.1. The number of nitrogens with zero attached hydrogens (tertiary/aromatic N) is 1. The lowest BCUT2D eigenvalue weighted by molar-refractivity contribution is 0.0980. The van der Waals surface area contributed by atoms with E-state index in [0.717, 1.165) is 4.47 Å². The molecule has 2 aromatic rings. The van der Waals surface area contributed by atoms with Gasteiger partial charge >= 0.3 is 0 Å². The quantitative estimate of drug-likeness (QED) is 0.758. The van der Waals surface area contributed by atoms with Crippen LogP contribution in [0.3, 0.4) is 0 Å². The Kier molecular flexibility index (Phi) is 4.96. The summed E-state index contributed by atoms with van der Waals surface area (Å²) in [6.45, 7) is 0. The first-order valence-electron chi connectivity index (χ1n) is 7.54. The van der Waals surface area contributed by atoms with E-state index in [-0.39, 0.29) is 11.7 Å². The minimum Gasteiger partial charge on any atom is -0.496 e. The number of carbonyl (C=O) groups is 1. The van der Waals surface area contributed by atoms with Crippen molar-refractivity contribution in [2.75, 3.05) is 17.8 Å². The van der Waals surface area contributed by atoms with Crippen LogP contribution in [0.1, 0.15) is 10.4 Å². The van der Waals surface area contributed by atoms with Crippen LogP contribution in [0, 0.1) is 0 Å². The molecule has 0 saturated carbocycles. The molecule has 0 aromatic heterocycles. The number of rotatable bonds is 4. The van der Waals surface area contributed by atoms with Gasteiger partial charge in [-0.15, -0.1) is 0 Å². The van der Waals surface area contributed by atoms with E-state index in [1.165, 1.54) is 17.4 Å². The molecule has 1 aliphatic heterocycles. The van der Waals surface area contributed by atoms with Crippen molar-refractivity contribution >= 4 is 37.4 Å². The molecule has 0 saturated heterocycles. The van der Waals surface area contributed by atoms with Gasteiger partial charge in [-0.2, -0.15) is 0 Å². The fourth-order valence-corrected chi connectivity index (χ4v) is 4.26. The number of methoxy groups -OCH3 is 1. The van der Waals surface area contributed by atoms with E-state index in [9.17, 15) is 13.2 Å². The summed E-state index contributed by atoms with van der Waals surface area (Å²) in [5.41, 5.74) is 0.997. The van der Waals surface area contributed by atoms with E-state index < -0.39 is 15.9 Å². The fourth-order valence-electron chi connectivity index (χ4n) is 2.73. The topological polar surface area (TPSA) is 63.7 Å². The van der Waals surface area contributed by atoms with Gasteiger partial charge < -0.3 is 9.64 Å². The van der Waals surface area contributed by atoms with E-state index in [1.807, 2.05) is 12.1 Å². The summed E-state index contributed by atoms with van der Waals surface area (Å²) in [6, 6.07) is 13.5. The summed E-state index contributed by atoms with van der Waals surface area (Å²) in [7, 11) is -1.81. The van der Waals surface area contributed by atoms with Crippen molar-refractivity contribution in [3.8, 4) is 5.75 Å². The zero-order valence-corrected chi connectivity index (χ0v) is 15.8. The molecule has 0 N–H and O–H groups in total. The van der Waals surface area contributed by atoms with E-state index in [2.05, 4.69) is 15.9 Å². The van der Waals surface area contributed by atoms with E-state index >= 15 is 0 Å². The Bertz CT molecular complexity index is 922. The maximum atomic E-state index is 13.2. The molecule has 7 heteroatoms. The van der Waals surface area contributed by atoms with Gasteiger partial charge in [0, 0.05) is 15.6 Å². The Morgan fingerprint density at radius 3 is 2.44 bits per heavy atom. The molecule has 1 atom stereocenters. The summed E-state index contributed by atoms with van der Waals surface area (Å²) >= 11 is 3.37. The molecule has 3 rings (SSSR count). The van der Waals surface area contributed by atoms with Crippen molar-refractivity contribution in [3.05, 3.63) is 70.1 Å². The summed E-state index contributed by atoms with van der Waals surface area (Å²) < 4.78 is 29.9. The standard InChI is InChI=1S/C18H16BrNO4S/c1-24-17-5-3-2-4-16(17)18(21)20(14-8-6-13(19)7-9-14)15-10-11-25(22,23)12-15/h2-11,15H,12H2,1H3/t15-/m0/s1. The maximum absolute atomic E-state index is 13.2. The lowest BCUT2D eigenvalue weighted by Crippen LogP contribution is -2.41. The number of anilines is 1. The molecule has 1 aliphatic rings. The average molecular weight is 422 g/mol. The third-order valence-corrected chi connectivity index (χ3v) is 5.81. The highest BCUT2D eigenvalue weighted by Crippen LogP contribution is 2.29. The van der Waals surface area contributed by atoms with Crippen molar-refractivity contribution < 1.29 is 17.9 Å². The molecule has 0 spiro atoms. The third kappa shape index (κ3) is 3.77. The van der Waals surface area contributed by atoms with Crippen LogP contribution in [0.4, 0.5) is 5.69 Å². The van der Waals surface area contributed by atoms with Crippen LogP contribution in [0.2, 0.25) is 0 Å². The minimum atomic E-state index is -3.30. The molecule has 0 fully saturated rings. The maximum Gasteiger partial charge on any atom is 0.262 e. The molecule has 0 aliphatic carbocycles. The largest absolute Gasteiger partial charge is 0.496 e. The third-order valence-electron chi connectivity index (χ3n) is 3.90. The van der Waals surface area contributed by atoms with Crippen LogP contribution >= 0.6 is 15.9 Å². The van der Waals surface area contributed by atoms with Gasteiger partial charge in [0.25, 0.3) is 5.91 Å². The predicted molar refractivity (Wildman–Crippen MR) is 101 cm³/mol. The Balaban J connectivity index is 2.06. The number of halogens is 1. The first kappa shape index (κ1) is 17.7. The van der Waals surface area contributed by atoms with Crippen LogP contribution in [-0.2, 0) is 9.84 Å². The fraction of sp³-hybridized carbons (Fsp3) is 0.167. The number of hydrogen-bond acceptors (Lipinski definition) is 4. The Morgan fingerprint density at radius 1 is 1.16 bits per heavy atom. The second kappa shape index (κ2) is 7.01. The van der Waals surface area contributed by atoms with Gasteiger partial charge in [0.15, 0.2) is 9.84 Å². The molecule has 0 bridgehead atoms. The van der Waals surface area contributed by atoms with E-state index in [0.29, 0.717) is 17.0 Å². The summed E-state index contributed by atoms with van der Waals surface area (Å²) in [6.07, 6.45) is 1.55. The second-order valence-electron chi connectivity index (χ2n) is 5.58. The highest BCUT2D eigenvalue weighted by Gasteiger charge is 2.33. The molecule has 1 heterocycles. The van der Waals surface area contributed by atoms with Gasteiger partial charge in [-0.1, -0.05) is 28.1 Å². The zero-order valence-electron chi connectivity index (χ0n) is 13.4. The smallest absolute Gasteiger partial charge is 0.262 e. The summed E-state index contributed by atoms with van der Waals surface area (Å²) in [4.78, 5) is 14.7. The van der Waals surface area contributed by atoms with Gasteiger partial charge in [-0.05, 0) is 42.5 Å². The van der Waals surface area contributed by atoms with Gasteiger partial charge in [0.05, 0.1) is 24.5 Å². The molecule has 5 nitrogen and oxygen atoms in total. The summed E-state index contributed by atoms with van der Waals surface area (Å²) in [5.74, 6) is -0.00444. The Hall–Kier alpha value is -2.12. The summed E-state index contributed by atoms with van der Waals surface area (Å²) in [5, 5.41) is 1.17. The lowest BCUT2D eigenvalue weighted by Gasteiger charge is -2.28. The van der Waals surface area contributed by atoms with Crippen LogP contribution < -0.4 is 9.64 Å². The second-order valence-corrected chi connectivity index (χ2v) is 8.42. The van der Waals surface area contributed by atoms with Crippen LogP contribution in [0.15, 0.2) is 64.5 Å². The van der Waals surface area contributed by atoms with Crippen molar-refractivity contribution in [1.82, 2.24) is 0 Å². The van der Waals surface area contributed by atoms with Crippen molar-refractivity contribution in [2.45, 2.75) is 6.04 Å². The van der Waals surface area contributed by atoms with Gasteiger partial charge in [0.2, 0.25) is 0 Å². The van der Waals surface area contributed by atoms with Crippen molar-refractivity contribution in [2.24, 2.45) is 0 Å². The predicted octanol–water partition coefficient (Wildman–Crippen LogP) is 3.42. The number of hydrogen-bond donors (Lipinski definition) is 0. The van der Waals surface area contributed by atoms with E-state index in [4.69, 9.17) is 4.74 Å². The Labute approximate surface area is 155 Å². The van der Waals surface area contributed by atoms with Gasteiger partial charge in [-0.3, -0.25) is 4.79 Å². The molecule has 0 radical (unpaired) electrons. The van der Waals surface area contributed by atoms with E-state index in [1.54, 1.807) is 42.5 Å². The first-order valence-corrected chi connectivity index (χ1v) is 10.1. The molecule has 25 heavy (non-hydrogen) atoms. The number of carbonyl (C=O) groups excluding carboxylic acids is 1. The zero-order chi connectivity index (χ0) is 18.0. The van der Waals surface area contributed by atoms with Crippen molar-refractivity contribution in [3.63, 3.8) is 0 Å². The molecular formula is C18H16BrNO4S. The van der Waals surface area contributed by atoms with Gasteiger partial charge in [-0.25, -0.2) is 8.42 Å². The highest BCUT2D eigenvalue weighted by atomic mass is 79.9. The van der Waals surface area contributed by atoms with Crippen LogP contribution in [0.5, 0.6) is 5.75 Å². The number of para-hydroxylation sites is 1. The molecule has 1 amide bonds. The molecule has 0 unspecified atom stereocenters. The first-order chi connectivity index (χ1) is 11.9. The Morgan fingerprint density at radius 2 is 1.84 bits per heavy atom. The van der Waals surface area contributed by atoms with Crippen LogP contribution in [-0.4, -0.2) is 33.2 Å². The number of sulfone groups is 1. The monoisotopic (exact) mass is 421 g/mol. The SMILES string of the molecule is COc1ccccc1C(=O)N(c1ccc(Br)cc1)[C@H]1C=CS(=O)(=O)C1. The number of amides is 1. The minimum absolute atomic E-state index is 0.135. The highest BCUT2D eigenvalue weighted by molar-refractivity contribution is 9.10. The normalized spacial score (nSPS) is 18.1. The number of ether oxygens (including phenoxy) is 1. The average Bonchev–Trinajstić information content (AvgIpc) is 2.96. The van der Waals surface area contributed by atoms with Crippen molar-refractivity contribution in [1.29, 1.82) is 0 Å². The molecule has 130 valence electrons. The van der Waals surface area contributed by atoms with Gasteiger partial charge in [0.1, 0.15) is 5.75 Å². The van der Waals surface area contributed by atoms with Crippen LogP contribution in [0.25, 0.3) is 0 Å². The molecular weight excluding hydrogens is 406 g/mol.